The average Bonchev–Trinajstić information content (AvgIpc) is 2.83. The summed E-state index contributed by atoms with van der Waals surface area (Å²) < 4.78 is 5.31. The van der Waals surface area contributed by atoms with Crippen LogP contribution in [0.3, 0.4) is 0 Å². The molecule has 1 unspecified atom stereocenters. The van der Waals surface area contributed by atoms with Crippen LogP contribution in [-0.4, -0.2) is 37.2 Å². The van der Waals surface area contributed by atoms with Crippen molar-refractivity contribution in [3.63, 3.8) is 0 Å². The van der Waals surface area contributed by atoms with E-state index in [2.05, 4.69) is 10.6 Å². The van der Waals surface area contributed by atoms with Crippen molar-refractivity contribution in [3.05, 3.63) is 0 Å². The second-order valence-corrected chi connectivity index (χ2v) is 5.26. The van der Waals surface area contributed by atoms with E-state index in [0.717, 1.165) is 38.9 Å². The van der Waals surface area contributed by atoms with E-state index < -0.39 is 0 Å². The van der Waals surface area contributed by atoms with E-state index in [0.29, 0.717) is 12.1 Å². The first-order valence-electron chi connectivity index (χ1n) is 6.90. The fraction of sp³-hybridized carbons (Fsp3) is 0.923. The van der Waals surface area contributed by atoms with Crippen molar-refractivity contribution >= 4 is 5.91 Å². The summed E-state index contributed by atoms with van der Waals surface area (Å²) in [6.45, 7) is 3.59. The van der Waals surface area contributed by atoms with E-state index in [9.17, 15) is 4.79 Å². The molecule has 0 aromatic rings. The maximum Gasteiger partial charge on any atom is 0.237 e. The Morgan fingerprint density at radius 1 is 1.12 bits per heavy atom. The molecule has 1 heterocycles. The Morgan fingerprint density at radius 2 is 1.76 bits per heavy atom. The van der Waals surface area contributed by atoms with Gasteiger partial charge in [-0.1, -0.05) is 12.8 Å². The highest BCUT2D eigenvalue weighted by Crippen LogP contribution is 2.17. The second-order valence-electron chi connectivity index (χ2n) is 5.26. The fourth-order valence-corrected chi connectivity index (χ4v) is 2.69. The van der Waals surface area contributed by atoms with Gasteiger partial charge in [0, 0.05) is 25.3 Å². The quantitative estimate of drug-likeness (QED) is 0.776. The first-order chi connectivity index (χ1) is 8.25. The van der Waals surface area contributed by atoms with Gasteiger partial charge in [0.15, 0.2) is 0 Å². The summed E-state index contributed by atoms with van der Waals surface area (Å²) in [5.41, 5.74) is 0. The van der Waals surface area contributed by atoms with Gasteiger partial charge in [-0.3, -0.25) is 4.79 Å². The molecule has 1 atom stereocenters. The number of hydrogen-bond donors (Lipinski definition) is 2. The maximum atomic E-state index is 12.0. The molecule has 0 bridgehead atoms. The molecule has 98 valence electrons. The van der Waals surface area contributed by atoms with Crippen molar-refractivity contribution in [2.75, 3.05) is 13.2 Å². The lowest BCUT2D eigenvalue weighted by Gasteiger charge is -2.27. The Labute approximate surface area is 103 Å². The Hall–Kier alpha value is -0.610. The highest BCUT2D eigenvalue weighted by Gasteiger charge is 2.23. The molecule has 2 rings (SSSR count). The van der Waals surface area contributed by atoms with Gasteiger partial charge in [0.05, 0.1) is 6.04 Å². The Morgan fingerprint density at radius 3 is 2.41 bits per heavy atom. The monoisotopic (exact) mass is 240 g/mol. The lowest BCUT2D eigenvalue weighted by molar-refractivity contribution is -0.123. The number of carbonyl (C=O) groups excluding carboxylic acids is 1. The van der Waals surface area contributed by atoms with Crippen LogP contribution >= 0.6 is 0 Å². The summed E-state index contributed by atoms with van der Waals surface area (Å²) in [4.78, 5) is 12.0. The Bertz CT molecular complexity index is 246. The van der Waals surface area contributed by atoms with E-state index >= 15 is 0 Å². The van der Waals surface area contributed by atoms with Crippen LogP contribution in [0.1, 0.15) is 45.4 Å². The molecule has 2 N–H and O–H groups in total. The third-order valence-electron chi connectivity index (χ3n) is 3.80. The number of hydrogen-bond acceptors (Lipinski definition) is 3. The number of carbonyl (C=O) groups is 1. The smallest absolute Gasteiger partial charge is 0.237 e. The van der Waals surface area contributed by atoms with Gasteiger partial charge in [-0.05, 0) is 32.6 Å². The molecule has 0 radical (unpaired) electrons. The van der Waals surface area contributed by atoms with E-state index in [1.165, 1.54) is 12.8 Å². The summed E-state index contributed by atoms with van der Waals surface area (Å²) >= 11 is 0. The van der Waals surface area contributed by atoms with Gasteiger partial charge in [0.1, 0.15) is 0 Å². The molecule has 1 aliphatic carbocycles. The van der Waals surface area contributed by atoms with Gasteiger partial charge >= 0.3 is 0 Å². The predicted octanol–water partition coefficient (Wildman–Crippen LogP) is 1.20. The molecule has 1 saturated heterocycles. The van der Waals surface area contributed by atoms with Crippen LogP contribution in [0, 0.1) is 0 Å². The zero-order valence-corrected chi connectivity index (χ0v) is 10.7. The molecule has 0 spiro atoms. The molecule has 2 fully saturated rings. The normalized spacial score (nSPS) is 24.8. The number of ether oxygens (including phenoxy) is 1. The van der Waals surface area contributed by atoms with Crippen molar-refractivity contribution in [1.82, 2.24) is 10.6 Å². The van der Waals surface area contributed by atoms with Crippen LogP contribution in [0.4, 0.5) is 0 Å². The first-order valence-corrected chi connectivity index (χ1v) is 6.90. The van der Waals surface area contributed by atoms with E-state index in [1.807, 2.05) is 6.92 Å². The predicted molar refractivity (Wildman–Crippen MR) is 66.8 cm³/mol. The molecule has 0 aromatic carbocycles. The third-order valence-corrected chi connectivity index (χ3v) is 3.80. The first kappa shape index (κ1) is 12.8. The number of nitrogens with one attached hydrogen (secondary N) is 2. The second kappa shape index (κ2) is 6.36. The van der Waals surface area contributed by atoms with E-state index in [-0.39, 0.29) is 11.9 Å². The molecule has 1 saturated carbocycles. The minimum absolute atomic E-state index is 0.0845. The number of rotatable bonds is 4. The lowest BCUT2D eigenvalue weighted by Crippen LogP contribution is -2.50. The third kappa shape index (κ3) is 3.96. The molecule has 1 aliphatic heterocycles. The summed E-state index contributed by atoms with van der Waals surface area (Å²) in [6, 6.07) is 0.771. The van der Waals surface area contributed by atoms with Crippen molar-refractivity contribution in [2.45, 2.75) is 63.6 Å². The van der Waals surface area contributed by atoms with Gasteiger partial charge in [-0.2, -0.15) is 0 Å². The van der Waals surface area contributed by atoms with Crippen LogP contribution < -0.4 is 10.6 Å². The molecule has 4 nitrogen and oxygen atoms in total. The lowest BCUT2D eigenvalue weighted by atomic mass is 10.1. The zero-order valence-electron chi connectivity index (χ0n) is 10.7. The van der Waals surface area contributed by atoms with Crippen LogP contribution in [0.5, 0.6) is 0 Å². The summed E-state index contributed by atoms with van der Waals surface area (Å²) in [5, 5.41) is 6.54. The largest absolute Gasteiger partial charge is 0.381 e. The highest BCUT2D eigenvalue weighted by atomic mass is 16.5. The van der Waals surface area contributed by atoms with Crippen LogP contribution in [-0.2, 0) is 9.53 Å². The Balaban J connectivity index is 1.70. The maximum absolute atomic E-state index is 12.0. The van der Waals surface area contributed by atoms with Crippen molar-refractivity contribution in [2.24, 2.45) is 0 Å². The SMILES string of the molecule is CC(NC1CCOCC1)C(=O)NC1CCCC1. The highest BCUT2D eigenvalue weighted by molar-refractivity contribution is 5.81. The van der Waals surface area contributed by atoms with Crippen LogP contribution in [0.25, 0.3) is 0 Å². The van der Waals surface area contributed by atoms with Crippen molar-refractivity contribution < 1.29 is 9.53 Å². The molecular weight excluding hydrogens is 216 g/mol. The van der Waals surface area contributed by atoms with Gasteiger partial charge < -0.3 is 15.4 Å². The zero-order chi connectivity index (χ0) is 12.1. The van der Waals surface area contributed by atoms with Crippen LogP contribution in [0.2, 0.25) is 0 Å². The van der Waals surface area contributed by atoms with Gasteiger partial charge in [-0.25, -0.2) is 0 Å². The van der Waals surface area contributed by atoms with Crippen molar-refractivity contribution in [3.8, 4) is 0 Å². The summed E-state index contributed by atoms with van der Waals surface area (Å²) in [6.07, 6.45) is 6.84. The van der Waals surface area contributed by atoms with Gasteiger partial charge in [0.25, 0.3) is 0 Å². The molecule has 1 amide bonds. The minimum Gasteiger partial charge on any atom is -0.381 e. The molecule has 0 aromatic heterocycles. The van der Waals surface area contributed by atoms with Crippen molar-refractivity contribution in [1.29, 1.82) is 0 Å². The van der Waals surface area contributed by atoms with E-state index in [1.54, 1.807) is 0 Å². The van der Waals surface area contributed by atoms with E-state index in [4.69, 9.17) is 4.74 Å². The topological polar surface area (TPSA) is 50.4 Å². The number of amides is 1. The molecule has 4 heteroatoms. The molecular formula is C13H24N2O2. The summed E-state index contributed by atoms with van der Waals surface area (Å²) in [7, 11) is 0. The van der Waals surface area contributed by atoms with Gasteiger partial charge in [0.2, 0.25) is 5.91 Å². The van der Waals surface area contributed by atoms with Crippen LogP contribution in [0.15, 0.2) is 0 Å². The molecule has 17 heavy (non-hydrogen) atoms. The minimum atomic E-state index is -0.0845. The molecule has 2 aliphatic rings. The Kier molecular flexibility index (Phi) is 4.80. The summed E-state index contributed by atoms with van der Waals surface area (Å²) in [5.74, 6) is 0.156. The fourth-order valence-electron chi connectivity index (χ4n) is 2.69. The average molecular weight is 240 g/mol. The van der Waals surface area contributed by atoms with Gasteiger partial charge in [-0.15, -0.1) is 0 Å². The standard InChI is InChI=1S/C13H24N2O2/c1-10(14-12-6-8-17-9-7-12)13(16)15-11-4-2-3-5-11/h10-12,14H,2-9H2,1H3,(H,15,16).